The largest absolute Gasteiger partial charge is 0.496 e. The summed E-state index contributed by atoms with van der Waals surface area (Å²) >= 11 is 0. The fraction of sp³-hybridized carbons (Fsp3) is 0.650. The minimum absolute atomic E-state index is 0.706. The van der Waals surface area contributed by atoms with Crippen molar-refractivity contribution in [2.24, 2.45) is 10.9 Å². The maximum atomic E-state index is 5.47. The first-order valence-corrected chi connectivity index (χ1v) is 9.46. The predicted molar refractivity (Wildman–Crippen MR) is 105 cm³/mol. The smallest absolute Gasteiger partial charge is 0.191 e. The number of hydrogen-bond acceptors (Lipinski definition) is 3. The van der Waals surface area contributed by atoms with Crippen LogP contribution >= 0.6 is 0 Å². The summed E-state index contributed by atoms with van der Waals surface area (Å²) < 4.78 is 5.47. The zero-order valence-corrected chi connectivity index (χ0v) is 16.3. The van der Waals surface area contributed by atoms with E-state index in [-0.39, 0.29) is 0 Å². The highest BCUT2D eigenvalue weighted by atomic mass is 16.5. The number of guanidine groups is 1. The van der Waals surface area contributed by atoms with Crippen LogP contribution in [0.4, 0.5) is 0 Å². The number of benzene rings is 1. The Morgan fingerprint density at radius 2 is 2.04 bits per heavy atom. The molecule has 1 aliphatic rings. The summed E-state index contributed by atoms with van der Waals surface area (Å²) in [5, 5.41) is 6.88. The van der Waals surface area contributed by atoms with Gasteiger partial charge in [0.25, 0.3) is 0 Å². The Labute approximate surface area is 152 Å². The summed E-state index contributed by atoms with van der Waals surface area (Å²) in [5.74, 6) is 2.52. The fourth-order valence-corrected chi connectivity index (χ4v) is 3.37. The molecule has 1 aromatic rings. The third-order valence-electron chi connectivity index (χ3n) is 4.92. The Morgan fingerprint density at radius 3 is 2.68 bits per heavy atom. The van der Waals surface area contributed by atoms with E-state index in [9.17, 15) is 0 Å². The summed E-state index contributed by atoms with van der Waals surface area (Å²) in [5.41, 5.74) is 2.35. The summed E-state index contributed by atoms with van der Waals surface area (Å²) in [6, 6.07) is 6.29. The monoisotopic (exact) mass is 346 g/mol. The second-order valence-corrected chi connectivity index (χ2v) is 6.91. The maximum Gasteiger partial charge on any atom is 0.191 e. The van der Waals surface area contributed by atoms with Crippen LogP contribution in [-0.2, 0) is 6.54 Å². The second-order valence-electron chi connectivity index (χ2n) is 6.91. The highest BCUT2D eigenvalue weighted by molar-refractivity contribution is 5.79. The topological polar surface area (TPSA) is 48.9 Å². The lowest BCUT2D eigenvalue weighted by Crippen LogP contribution is -2.42. The van der Waals surface area contributed by atoms with Crippen molar-refractivity contribution in [2.45, 2.75) is 39.7 Å². The molecule has 2 N–H and O–H groups in total. The average molecular weight is 347 g/mol. The molecule has 5 heteroatoms. The van der Waals surface area contributed by atoms with Crippen LogP contribution in [0, 0.1) is 12.8 Å². The lowest BCUT2D eigenvalue weighted by molar-refractivity contribution is 0.185. The van der Waals surface area contributed by atoms with Crippen LogP contribution in [0.3, 0.4) is 0 Å². The van der Waals surface area contributed by atoms with E-state index in [1.807, 2.05) is 7.05 Å². The van der Waals surface area contributed by atoms with Crippen LogP contribution in [-0.4, -0.2) is 51.2 Å². The van der Waals surface area contributed by atoms with E-state index in [1.165, 1.54) is 44.5 Å². The van der Waals surface area contributed by atoms with E-state index < -0.39 is 0 Å². The number of likely N-dealkylation sites (tertiary alicyclic amines) is 1. The van der Waals surface area contributed by atoms with Crippen molar-refractivity contribution in [1.82, 2.24) is 15.5 Å². The number of piperidine rings is 1. The number of methoxy groups -OCH3 is 1. The van der Waals surface area contributed by atoms with Gasteiger partial charge < -0.3 is 20.3 Å². The van der Waals surface area contributed by atoms with Gasteiger partial charge in [0.2, 0.25) is 0 Å². The Hall–Kier alpha value is -1.75. The molecule has 2 rings (SSSR count). The SMILES string of the molecule is CCCN1CCC(CNC(=NC)NCc2ccc(C)cc2OC)CC1. The Balaban J connectivity index is 1.76. The molecule has 1 saturated heterocycles. The van der Waals surface area contributed by atoms with E-state index in [1.54, 1.807) is 7.11 Å². The Bertz CT molecular complexity index is 551. The minimum Gasteiger partial charge on any atom is -0.496 e. The third-order valence-corrected chi connectivity index (χ3v) is 4.92. The second kappa shape index (κ2) is 10.3. The summed E-state index contributed by atoms with van der Waals surface area (Å²) in [6.07, 6.45) is 3.80. The van der Waals surface area contributed by atoms with Gasteiger partial charge in [-0.2, -0.15) is 0 Å². The van der Waals surface area contributed by atoms with Crippen LogP contribution in [0.1, 0.15) is 37.3 Å². The third kappa shape index (κ3) is 6.24. The van der Waals surface area contributed by atoms with Gasteiger partial charge in [0.1, 0.15) is 5.75 Å². The normalized spacial score (nSPS) is 16.7. The van der Waals surface area contributed by atoms with Crippen LogP contribution in [0.5, 0.6) is 5.75 Å². The molecule has 0 aliphatic carbocycles. The predicted octanol–water partition coefficient (Wildman–Crippen LogP) is 2.79. The number of nitrogens with one attached hydrogen (secondary N) is 2. The van der Waals surface area contributed by atoms with Gasteiger partial charge in [-0.25, -0.2) is 0 Å². The molecule has 0 spiro atoms. The van der Waals surface area contributed by atoms with Gasteiger partial charge >= 0.3 is 0 Å². The standard InChI is InChI=1S/C20H34N4O/c1-5-10-24-11-8-17(9-12-24)14-22-20(21-3)23-15-18-7-6-16(2)13-19(18)25-4/h6-7,13,17H,5,8-12,14-15H2,1-4H3,(H2,21,22,23). The van der Waals surface area contributed by atoms with E-state index in [0.29, 0.717) is 6.54 Å². The Kier molecular flexibility index (Phi) is 8.06. The molecule has 1 fully saturated rings. The molecule has 0 amide bonds. The molecule has 0 radical (unpaired) electrons. The maximum absolute atomic E-state index is 5.47. The molecule has 1 heterocycles. The van der Waals surface area contributed by atoms with Gasteiger partial charge in [-0.1, -0.05) is 19.1 Å². The summed E-state index contributed by atoms with van der Waals surface area (Å²) in [6.45, 7) is 9.72. The van der Waals surface area contributed by atoms with Crippen molar-refractivity contribution in [1.29, 1.82) is 0 Å². The van der Waals surface area contributed by atoms with Crippen LogP contribution < -0.4 is 15.4 Å². The lowest BCUT2D eigenvalue weighted by Gasteiger charge is -2.32. The van der Waals surface area contributed by atoms with E-state index in [4.69, 9.17) is 4.74 Å². The van der Waals surface area contributed by atoms with Crippen molar-refractivity contribution < 1.29 is 4.74 Å². The fourth-order valence-electron chi connectivity index (χ4n) is 3.37. The van der Waals surface area contributed by atoms with Crippen molar-refractivity contribution in [3.8, 4) is 5.75 Å². The van der Waals surface area contributed by atoms with Crippen molar-refractivity contribution in [3.05, 3.63) is 29.3 Å². The van der Waals surface area contributed by atoms with Crippen LogP contribution in [0.25, 0.3) is 0 Å². The number of ether oxygens (including phenoxy) is 1. The molecular formula is C20H34N4O. The average Bonchev–Trinajstić information content (AvgIpc) is 2.64. The highest BCUT2D eigenvalue weighted by Gasteiger charge is 2.18. The molecule has 0 saturated carbocycles. The Morgan fingerprint density at radius 1 is 1.28 bits per heavy atom. The van der Waals surface area contributed by atoms with E-state index in [0.717, 1.165) is 29.7 Å². The van der Waals surface area contributed by atoms with Crippen LogP contribution in [0.2, 0.25) is 0 Å². The molecule has 0 unspecified atom stereocenters. The first-order chi connectivity index (χ1) is 12.2. The van der Waals surface area contributed by atoms with Gasteiger partial charge in [0.15, 0.2) is 5.96 Å². The number of rotatable bonds is 7. The number of hydrogen-bond donors (Lipinski definition) is 2. The molecule has 5 nitrogen and oxygen atoms in total. The molecular weight excluding hydrogens is 312 g/mol. The van der Waals surface area contributed by atoms with E-state index in [2.05, 4.69) is 52.6 Å². The van der Waals surface area contributed by atoms with Crippen molar-refractivity contribution >= 4 is 5.96 Å². The van der Waals surface area contributed by atoms with Crippen LogP contribution in [0.15, 0.2) is 23.2 Å². The molecule has 1 aromatic carbocycles. The van der Waals surface area contributed by atoms with Gasteiger partial charge in [0.05, 0.1) is 7.11 Å². The minimum atomic E-state index is 0.706. The number of aliphatic imine (C=N–C) groups is 1. The lowest BCUT2D eigenvalue weighted by atomic mass is 9.97. The molecule has 0 atom stereocenters. The van der Waals surface area contributed by atoms with E-state index >= 15 is 0 Å². The molecule has 25 heavy (non-hydrogen) atoms. The van der Waals surface area contributed by atoms with Gasteiger partial charge in [-0.15, -0.1) is 0 Å². The van der Waals surface area contributed by atoms with Gasteiger partial charge in [-0.3, -0.25) is 4.99 Å². The highest BCUT2D eigenvalue weighted by Crippen LogP contribution is 2.19. The van der Waals surface area contributed by atoms with Crippen molar-refractivity contribution in [2.75, 3.05) is 40.3 Å². The zero-order valence-electron chi connectivity index (χ0n) is 16.3. The number of nitrogens with zero attached hydrogens (tertiary/aromatic N) is 2. The first-order valence-electron chi connectivity index (χ1n) is 9.46. The molecule has 1 aliphatic heterocycles. The van der Waals surface area contributed by atoms with Gasteiger partial charge in [-0.05, 0) is 63.4 Å². The summed E-state index contributed by atoms with van der Waals surface area (Å²) in [7, 11) is 3.54. The first kappa shape index (κ1) is 19.6. The molecule has 0 aromatic heterocycles. The van der Waals surface area contributed by atoms with Crippen molar-refractivity contribution in [3.63, 3.8) is 0 Å². The number of aryl methyl sites for hydroxylation is 1. The molecule has 0 bridgehead atoms. The zero-order chi connectivity index (χ0) is 18.1. The quantitative estimate of drug-likeness (QED) is 0.589. The summed E-state index contributed by atoms with van der Waals surface area (Å²) in [4.78, 5) is 6.92. The van der Waals surface area contributed by atoms with Gasteiger partial charge in [0, 0.05) is 25.7 Å². The molecule has 140 valence electrons.